The molecule has 1 aromatic heterocycles. The third kappa shape index (κ3) is 1.66. The van der Waals surface area contributed by atoms with E-state index in [2.05, 4.69) is 27.0 Å². The highest BCUT2D eigenvalue weighted by atomic mass is 35.5. The van der Waals surface area contributed by atoms with Gasteiger partial charge in [-0.2, -0.15) is 5.10 Å². The van der Waals surface area contributed by atoms with E-state index in [4.69, 9.17) is 11.6 Å². The summed E-state index contributed by atoms with van der Waals surface area (Å²) in [7, 11) is 2.19. The minimum Gasteiger partial charge on any atom is -0.362 e. The van der Waals surface area contributed by atoms with Crippen molar-refractivity contribution in [3.8, 4) is 0 Å². The first kappa shape index (κ1) is 10.3. The molecule has 3 heterocycles. The Balaban J connectivity index is 1.91. The molecule has 0 aromatic carbocycles. The summed E-state index contributed by atoms with van der Waals surface area (Å²) >= 11 is 5.90. The fourth-order valence-corrected chi connectivity index (χ4v) is 3.16. The first-order valence-electron chi connectivity index (χ1n) is 5.69. The average molecular weight is 239 g/mol. The Labute approximate surface area is 100 Å². The number of anilines is 1. The minimum atomic E-state index is 0.482. The number of nitrogens with zero attached hydrogens (tertiary/aromatic N) is 4. The maximum absolute atomic E-state index is 5.90. The van der Waals surface area contributed by atoms with Crippen LogP contribution in [0.4, 0.5) is 5.69 Å². The zero-order chi connectivity index (χ0) is 11.1. The van der Waals surface area contributed by atoms with E-state index in [9.17, 15) is 0 Å². The van der Waals surface area contributed by atoms with Gasteiger partial charge in [-0.3, -0.25) is 0 Å². The van der Waals surface area contributed by atoms with E-state index in [1.54, 1.807) is 0 Å². The van der Waals surface area contributed by atoms with E-state index in [1.165, 1.54) is 12.8 Å². The van der Waals surface area contributed by atoms with E-state index >= 15 is 0 Å². The maximum Gasteiger partial charge on any atom is 0.153 e. The largest absolute Gasteiger partial charge is 0.362 e. The van der Waals surface area contributed by atoms with Gasteiger partial charge in [-0.05, 0) is 19.9 Å². The molecule has 0 radical (unpaired) electrons. The van der Waals surface area contributed by atoms with Crippen molar-refractivity contribution in [2.24, 2.45) is 0 Å². The van der Waals surface area contributed by atoms with Crippen molar-refractivity contribution in [1.82, 2.24) is 15.1 Å². The number of halogens is 1. The van der Waals surface area contributed by atoms with Gasteiger partial charge in [0.15, 0.2) is 5.15 Å². The Morgan fingerprint density at radius 3 is 2.62 bits per heavy atom. The second-order valence-corrected chi connectivity index (χ2v) is 5.14. The Morgan fingerprint density at radius 1 is 1.31 bits per heavy atom. The van der Waals surface area contributed by atoms with Crippen LogP contribution in [0.15, 0.2) is 12.3 Å². The number of likely N-dealkylation sites (N-methyl/N-ethyl adjacent to an activating group) is 1. The average Bonchev–Trinajstić information content (AvgIpc) is 2.51. The van der Waals surface area contributed by atoms with E-state index in [0.717, 1.165) is 18.8 Å². The van der Waals surface area contributed by atoms with Crippen LogP contribution >= 0.6 is 11.6 Å². The van der Waals surface area contributed by atoms with Crippen LogP contribution < -0.4 is 4.90 Å². The Hall–Kier alpha value is -0.870. The van der Waals surface area contributed by atoms with E-state index in [0.29, 0.717) is 17.2 Å². The molecule has 0 saturated carbocycles. The molecule has 2 bridgehead atoms. The molecule has 16 heavy (non-hydrogen) atoms. The Bertz CT molecular complexity index is 383. The molecule has 2 saturated heterocycles. The zero-order valence-electron chi connectivity index (χ0n) is 9.30. The third-order valence-electron chi connectivity index (χ3n) is 3.57. The molecule has 2 aliphatic rings. The van der Waals surface area contributed by atoms with Crippen LogP contribution in [-0.2, 0) is 0 Å². The molecule has 2 aliphatic heterocycles. The first-order chi connectivity index (χ1) is 7.74. The number of piperazine rings is 1. The summed E-state index contributed by atoms with van der Waals surface area (Å²) in [5, 5.41) is 8.22. The van der Waals surface area contributed by atoms with Crippen LogP contribution in [0.1, 0.15) is 12.8 Å². The van der Waals surface area contributed by atoms with Crippen molar-refractivity contribution in [3.05, 3.63) is 17.4 Å². The van der Waals surface area contributed by atoms with E-state index in [-0.39, 0.29) is 0 Å². The first-order valence-corrected chi connectivity index (χ1v) is 6.07. The minimum absolute atomic E-state index is 0.482. The summed E-state index contributed by atoms with van der Waals surface area (Å²) in [6.07, 6.45) is 4.37. The molecule has 2 atom stereocenters. The van der Waals surface area contributed by atoms with Crippen molar-refractivity contribution in [3.63, 3.8) is 0 Å². The molecule has 86 valence electrons. The molecule has 0 spiro atoms. The lowest BCUT2D eigenvalue weighted by Crippen LogP contribution is -2.52. The Morgan fingerprint density at radius 2 is 2.00 bits per heavy atom. The van der Waals surface area contributed by atoms with Crippen molar-refractivity contribution in [1.29, 1.82) is 0 Å². The number of fused-ring (bicyclic) bond motifs is 2. The van der Waals surface area contributed by atoms with Crippen LogP contribution in [0.2, 0.25) is 5.15 Å². The number of aromatic nitrogens is 2. The van der Waals surface area contributed by atoms with Crippen molar-refractivity contribution in [2.45, 2.75) is 24.9 Å². The predicted molar refractivity (Wildman–Crippen MR) is 63.8 cm³/mol. The quantitative estimate of drug-likeness (QED) is 0.741. The normalized spacial score (nSPS) is 29.8. The lowest BCUT2D eigenvalue weighted by Gasteiger charge is -2.40. The summed E-state index contributed by atoms with van der Waals surface area (Å²) in [4.78, 5) is 4.88. The zero-order valence-corrected chi connectivity index (χ0v) is 10.1. The van der Waals surface area contributed by atoms with Gasteiger partial charge in [0, 0.05) is 31.2 Å². The molecule has 2 fully saturated rings. The lowest BCUT2D eigenvalue weighted by atomic mass is 10.2. The van der Waals surface area contributed by atoms with Crippen LogP contribution in [0, 0.1) is 0 Å². The van der Waals surface area contributed by atoms with Gasteiger partial charge >= 0.3 is 0 Å². The number of hydrogen-bond donors (Lipinski definition) is 0. The number of rotatable bonds is 1. The van der Waals surface area contributed by atoms with Gasteiger partial charge < -0.3 is 9.80 Å². The number of likely N-dealkylation sites (tertiary alicyclic amines) is 1. The molecular weight excluding hydrogens is 224 g/mol. The van der Waals surface area contributed by atoms with Gasteiger partial charge in [0.05, 0.1) is 11.9 Å². The van der Waals surface area contributed by atoms with Crippen LogP contribution in [0.5, 0.6) is 0 Å². The molecular formula is C11H15ClN4. The van der Waals surface area contributed by atoms with Gasteiger partial charge in [-0.15, -0.1) is 5.10 Å². The standard InChI is InChI=1S/C11H15ClN4/c1-15-6-8-2-3-9(7-15)16(8)10-4-11(12)14-13-5-10/h4-5,8-9H,2-3,6-7H2,1H3. The second kappa shape index (κ2) is 3.86. The number of hydrogen-bond acceptors (Lipinski definition) is 4. The van der Waals surface area contributed by atoms with E-state index < -0.39 is 0 Å². The summed E-state index contributed by atoms with van der Waals surface area (Å²) < 4.78 is 0. The van der Waals surface area contributed by atoms with Crippen LogP contribution in [0.3, 0.4) is 0 Å². The van der Waals surface area contributed by atoms with E-state index in [1.807, 2.05) is 12.3 Å². The smallest absolute Gasteiger partial charge is 0.153 e. The van der Waals surface area contributed by atoms with Gasteiger partial charge in [-0.1, -0.05) is 11.6 Å². The summed E-state index contributed by atoms with van der Waals surface area (Å²) in [5.41, 5.74) is 1.13. The lowest BCUT2D eigenvalue weighted by molar-refractivity contribution is 0.264. The monoisotopic (exact) mass is 238 g/mol. The molecule has 0 amide bonds. The highest BCUT2D eigenvalue weighted by Crippen LogP contribution is 2.34. The molecule has 3 rings (SSSR count). The third-order valence-corrected chi connectivity index (χ3v) is 3.76. The van der Waals surface area contributed by atoms with Gasteiger partial charge in [-0.25, -0.2) is 0 Å². The molecule has 5 heteroatoms. The van der Waals surface area contributed by atoms with Gasteiger partial charge in [0.1, 0.15) is 0 Å². The summed E-state index contributed by atoms with van der Waals surface area (Å²) in [6, 6.07) is 3.15. The van der Waals surface area contributed by atoms with Crippen LogP contribution in [0.25, 0.3) is 0 Å². The molecule has 4 nitrogen and oxygen atoms in total. The van der Waals surface area contributed by atoms with Crippen molar-refractivity contribution in [2.75, 3.05) is 25.0 Å². The SMILES string of the molecule is CN1CC2CCC(C1)N2c1cnnc(Cl)c1. The van der Waals surface area contributed by atoms with Crippen LogP contribution in [-0.4, -0.2) is 47.3 Å². The van der Waals surface area contributed by atoms with Gasteiger partial charge in [0.25, 0.3) is 0 Å². The van der Waals surface area contributed by atoms with Crippen molar-refractivity contribution >= 4 is 17.3 Å². The van der Waals surface area contributed by atoms with Gasteiger partial charge in [0.2, 0.25) is 0 Å². The Kier molecular flexibility index (Phi) is 2.48. The fraction of sp³-hybridized carbons (Fsp3) is 0.636. The highest BCUT2D eigenvalue weighted by Gasteiger charge is 2.38. The maximum atomic E-state index is 5.90. The summed E-state index contributed by atoms with van der Waals surface area (Å²) in [5.74, 6) is 0. The molecule has 2 unspecified atom stereocenters. The molecule has 1 aromatic rings. The fourth-order valence-electron chi connectivity index (χ4n) is 3.01. The summed E-state index contributed by atoms with van der Waals surface area (Å²) in [6.45, 7) is 2.27. The molecule has 0 aliphatic carbocycles. The molecule has 0 N–H and O–H groups in total. The highest BCUT2D eigenvalue weighted by molar-refractivity contribution is 6.29. The topological polar surface area (TPSA) is 32.3 Å². The second-order valence-electron chi connectivity index (χ2n) is 4.75. The van der Waals surface area contributed by atoms with Crippen molar-refractivity contribution < 1.29 is 0 Å². The predicted octanol–water partition coefficient (Wildman–Crippen LogP) is 1.41.